The number of para-hydroxylation sites is 1. The number of carbonyl (C=O) groups is 3. The minimum absolute atomic E-state index is 0.0475. The predicted octanol–water partition coefficient (Wildman–Crippen LogP) is 5.76. The molecular weight excluding hydrogens is 494 g/mol. The van der Waals surface area contributed by atoms with E-state index in [0.717, 1.165) is 62.6 Å². The zero-order valence-corrected chi connectivity index (χ0v) is 23.2. The zero-order chi connectivity index (χ0) is 27.8. The number of nitrogens with one attached hydrogen (secondary N) is 2. The second-order valence-electron chi connectivity index (χ2n) is 11.2. The van der Waals surface area contributed by atoms with Crippen LogP contribution in [0.5, 0.6) is 0 Å². The molecule has 1 aromatic heterocycles. The Kier molecular flexibility index (Phi) is 9.59. The van der Waals surface area contributed by atoms with Crippen LogP contribution in [-0.4, -0.2) is 28.1 Å². The maximum absolute atomic E-state index is 13.8. The van der Waals surface area contributed by atoms with Crippen molar-refractivity contribution < 1.29 is 19.1 Å². The Bertz CT molecular complexity index is 1230. The van der Waals surface area contributed by atoms with Gasteiger partial charge in [-0.15, -0.1) is 0 Å². The Balaban J connectivity index is 1.57. The summed E-state index contributed by atoms with van der Waals surface area (Å²) in [5.41, 5.74) is 0.861. The number of aryl methyl sites for hydroxylation is 1. The Morgan fingerprint density at radius 3 is 2.33 bits per heavy atom. The van der Waals surface area contributed by atoms with Crippen LogP contribution in [0, 0.1) is 5.92 Å². The minimum Gasteiger partial charge on any atom is -0.374 e. The molecule has 1 unspecified atom stereocenters. The molecule has 1 atom stereocenters. The van der Waals surface area contributed by atoms with Crippen LogP contribution in [0.2, 0.25) is 0 Å². The van der Waals surface area contributed by atoms with Crippen molar-refractivity contribution in [1.82, 2.24) is 9.88 Å². The van der Waals surface area contributed by atoms with Gasteiger partial charge in [-0.3, -0.25) is 14.9 Å². The topological polar surface area (TPSA) is 106 Å². The van der Waals surface area contributed by atoms with Gasteiger partial charge in [-0.25, -0.2) is 9.59 Å². The van der Waals surface area contributed by atoms with Crippen LogP contribution in [0.15, 0.2) is 41.2 Å². The van der Waals surface area contributed by atoms with Gasteiger partial charge in [0.05, 0.1) is 0 Å². The van der Waals surface area contributed by atoms with Crippen molar-refractivity contribution in [2.75, 3.05) is 5.32 Å². The third kappa shape index (κ3) is 7.16. The monoisotopic (exact) mass is 535 g/mol. The highest BCUT2D eigenvalue weighted by Gasteiger charge is 2.37. The first-order chi connectivity index (χ1) is 18.8. The van der Waals surface area contributed by atoms with E-state index < -0.39 is 23.5 Å². The van der Waals surface area contributed by atoms with E-state index in [1.807, 2.05) is 4.57 Å². The van der Waals surface area contributed by atoms with Crippen LogP contribution >= 0.6 is 0 Å². The fraction of sp³-hybridized carbons (Fsp3) is 0.548. The largest absolute Gasteiger partial charge is 0.419 e. The smallest absolute Gasteiger partial charge is 0.374 e. The standard InChI is InChI=1S/C31H41N3O5/c1-3-31(2,29(37)39-30(38)32-24-17-11-7-12-18-24)33-27(35)25-20-23-16-10-4-5-13-19-26(23)34(28(25)36)21-22-14-8-6-9-15-22/h7,11-12,17-18,20,22H,3-6,8-10,13-16,19,21H2,1-2H3,(H,32,38)(H,33,35). The van der Waals surface area contributed by atoms with Gasteiger partial charge in [0.1, 0.15) is 11.1 Å². The van der Waals surface area contributed by atoms with Crippen molar-refractivity contribution in [2.45, 2.75) is 103 Å². The Morgan fingerprint density at radius 2 is 1.64 bits per heavy atom. The van der Waals surface area contributed by atoms with Gasteiger partial charge in [-0.2, -0.15) is 0 Å². The molecule has 1 aromatic carbocycles. The number of hydrogen-bond acceptors (Lipinski definition) is 5. The number of hydrogen-bond donors (Lipinski definition) is 2. The number of anilines is 1. The molecule has 2 aromatic rings. The van der Waals surface area contributed by atoms with E-state index in [-0.39, 0.29) is 17.5 Å². The van der Waals surface area contributed by atoms with Crippen LogP contribution in [0.25, 0.3) is 0 Å². The average Bonchev–Trinajstić information content (AvgIpc) is 2.91. The van der Waals surface area contributed by atoms with E-state index in [9.17, 15) is 19.2 Å². The maximum atomic E-state index is 13.8. The van der Waals surface area contributed by atoms with Gasteiger partial charge in [0.25, 0.3) is 11.5 Å². The van der Waals surface area contributed by atoms with Gasteiger partial charge in [-0.1, -0.05) is 57.2 Å². The van der Waals surface area contributed by atoms with Crippen molar-refractivity contribution in [1.29, 1.82) is 0 Å². The minimum atomic E-state index is -1.49. The van der Waals surface area contributed by atoms with E-state index in [1.54, 1.807) is 43.3 Å². The highest BCUT2D eigenvalue weighted by Crippen LogP contribution is 2.27. The third-order valence-electron chi connectivity index (χ3n) is 8.26. The molecule has 4 rings (SSSR count). The summed E-state index contributed by atoms with van der Waals surface area (Å²) in [5, 5.41) is 5.23. The fourth-order valence-electron chi connectivity index (χ4n) is 5.68. The quantitative estimate of drug-likeness (QED) is 0.346. The van der Waals surface area contributed by atoms with E-state index in [2.05, 4.69) is 10.6 Å². The number of ether oxygens (including phenoxy) is 1. The van der Waals surface area contributed by atoms with Crippen LogP contribution in [0.4, 0.5) is 10.5 Å². The molecule has 2 amide bonds. The number of fused-ring (bicyclic) bond motifs is 1. The average molecular weight is 536 g/mol. The second-order valence-corrected chi connectivity index (χ2v) is 11.2. The number of amides is 2. The summed E-state index contributed by atoms with van der Waals surface area (Å²) < 4.78 is 6.90. The summed E-state index contributed by atoms with van der Waals surface area (Å²) in [4.78, 5) is 52.7. The lowest BCUT2D eigenvalue weighted by atomic mass is 9.88. The first-order valence-electron chi connectivity index (χ1n) is 14.5. The molecule has 0 spiro atoms. The lowest BCUT2D eigenvalue weighted by molar-refractivity contribution is -0.143. The highest BCUT2D eigenvalue weighted by atomic mass is 16.6. The number of carbonyl (C=O) groups excluding carboxylic acids is 3. The van der Waals surface area contributed by atoms with Gasteiger partial charge >= 0.3 is 12.1 Å². The summed E-state index contributed by atoms with van der Waals surface area (Å²) in [6, 6.07) is 10.4. The molecule has 0 bridgehead atoms. The molecule has 210 valence electrons. The fourth-order valence-corrected chi connectivity index (χ4v) is 5.68. The van der Waals surface area contributed by atoms with Crippen LogP contribution in [0.1, 0.15) is 99.7 Å². The molecule has 1 saturated carbocycles. The second kappa shape index (κ2) is 13.1. The first-order valence-corrected chi connectivity index (χ1v) is 14.5. The number of esters is 1. The first kappa shape index (κ1) is 28.6. The molecule has 0 radical (unpaired) electrons. The highest BCUT2D eigenvalue weighted by molar-refractivity contribution is 6.01. The van der Waals surface area contributed by atoms with E-state index >= 15 is 0 Å². The summed E-state index contributed by atoms with van der Waals surface area (Å²) in [7, 11) is 0. The van der Waals surface area contributed by atoms with Crippen molar-refractivity contribution in [3.05, 3.63) is 63.6 Å². The molecular formula is C31H41N3O5. The van der Waals surface area contributed by atoms with E-state index in [4.69, 9.17) is 4.74 Å². The molecule has 0 aliphatic heterocycles. The predicted molar refractivity (Wildman–Crippen MR) is 151 cm³/mol. The normalized spacial score (nSPS) is 17.6. The summed E-state index contributed by atoms with van der Waals surface area (Å²) in [5.74, 6) is -1.07. The van der Waals surface area contributed by atoms with Gasteiger partial charge in [-0.05, 0) is 81.5 Å². The molecule has 8 nitrogen and oxygen atoms in total. The molecule has 0 saturated heterocycles. The van der Waals surface area contributed by atoms with Crippen LogP contribution < -0.4 is 16.2 Å². The van der Waals surface area contributed by atoms with Crippen molar-refractivity contribution in [3.63, 3.8) is 0 Å². The van der Waals surface area contributed by atoms with Gasteiger partial charge < -0.3 is 14.6 Å². The van der Waals surface area contributed by atoms with Crippen LogP contribution in [-0.2, 0) is 28.9 Å². The number of nitrogens with zero attached hydrogens (tertiary/aromatic N) is 1. The van der Waals surface area contributed by atoms with Gasteiger partial charge in [0.2, 0.25) is 0 Å². The van der Waals surface area contributed by atoms with Crippen molar-refractivity contribution in [2.24, 2.45) is 5.92 Å². The Morgan fingerprint density at radius 1 is 0.974 bits per heavy atom. The molecule has 1 heterocycles. The Labute approximate surface area is 230 Å². The lowest BCUT2D eigenvalue weighted by Crippen LogP contribution is -2.54. The summed E-state index contributed by atoms with van der Waals surface area (Å²) >= 11 is 0. The maximum Gasteiger partial charge on any atom is 0.419 e. The van der Waals surface area contributed by atoms with Gasteiger partial charge in [0.15, 0.2) is 0 Å². The van der Waals surface area contributed by atoms with Crippen molar-refractivity contribution >= 4 is 23.7 Å². The molecule has 2 N–H and O–H groups in total. The van der Waals surface area contributed by atoms with E-state index in [1.165, 1.54) is 26.2 Å². The number of benzene rings is 1. The summed E-state index contributed by atoms with van der Waals surface area (Å²) in [6.45, 7) is 3.87. The molecule has 1 fully saturated rings. The molecule has 2 aliphatic carbocycles. The number of pyridine rings is 1. The van der Waals surface area contributed by atoms with Crippen molar-refractivity contribution in [3.8, 4) is 0 Å². The zero-order valence-electron chi connectivity index (χ0n) is 23.2. The van der Waals surface area contributed by atoms with Gasteiger partial charge in [0, 0.05) is 17.9 Å². The van der Waals surface area contributed by atoms with Crippen LogP contribution in [0.3, 0.4) is 0 Å². The number of rotatable bonds is 7. The summed E-state index contributed by atoms with van der Waals surface area (Å²) in [6.07, 6.45) is 11.0. The number of aromatic nitrogens is 1. The third-order valence-corrected chi connectivity index (χ3v) is 8.26. The Hall–Kier alpha value is -3.42. The van der Waals surface area contributed by atoms with E-state index in [0.29, 0.717) is 18.2 Å². The molecule has 2 aliphatic rings. The molecule has 39 heavy (non-hydrogen) atoms. The molecule has 8 heteroatoms. The lowest BCUT2D eigenvalue weighted by Gasteiger charge is -2.28. The SMILES string of the molecule is CCC(C)(NC(=O)c1cc2c(n(CC3CCCCC3)c1=O)CCCCCC2)C(=O)OC(=O)Nc1ccccc1.